The molecule has 0 radical (unpaired) electrons. The Hall–Kier alpha value is -1.73. The topological polar surface area (TPSA) is 36.7 Å². The number of halogens is 1. The van der Waals surface area contributed by atoms with E-state index in [9.17, 15) is 4.39 Å². The second-order valence-corrected chi connectivity index (χ2v) is 3.32. The summed E-state index contributed by atoms with van der Waals surface area (Å²) in [4.78, 5) is 0. The van der Waals surface area contributed by atoms with E-state index in [2.05, 4.69) is 4.37 Å². The summed E-state index contributed by atoms with van der Waals surface area (Å²) >= 11 is 1.22. The maximum atomic E-state index is 12.6. The number of rotatable bonds is 1. The summed E-state index contributed by atoms with van der Waals surface area (Å²) in [6.07, 6.45) is 0. The zero-order valence-corrected chi connectivity index (χ0v) is 7.88. The van der Waals surface area contributed by atoms with Crippen LogP contribution in [0.1, 0.15) is 5.56 Å². The van der Waals surface area contributed by atoms with E-state index in [1.165, 1.54) is 23.7 Å². The largest absolute Gasteiger partial charge is 0.207 e. The fourth-order valence-corrected chi connectivity index (χ4v) is 1.76. The molecule has 0 saturated heterocycles. The molecule has 68 valence electrons. The lowest BCUT2D eigenvalue weighted by molar-refractivity contribution is 0.628. The number of hydrogen-bond donors (Lipinski definition) is 0. The number of benzene rings is 1. The first-order valence-electron chi connectivity index (χ1n) is 3.91. The summed E-state index contributed by atoms with van der Waals surface area (Å²) in [5, 5.41) is 10.4. The van der Waals surface area contributed by atoms with Crippen LogP contribution in [-0.2, 0) is 0 Å². The number of aromatic nitrogens is 1. The van der Waals surface area contributed by atoms with E-state index in [4.69, 9.17) is 5.26 Å². The fourth-order valence-electron chi connectivity index (χ4n) is 1.13. The first kappa shape index (κ1) is 8.85. The molecule has 0 unspecified atom stereocenters. The predicted molar refractivity (Wildman–Crippen MR) is 52.2 cm³/mol. The van der Waals surface area contributed by atoms with Crippen LogP contribution in [0.15, 0.2) is 29.6 Å². The van der Waals surface area contributed by atoms with Crippen LogP contribution >= 0.6 is 11.5 Å². The molecule has 2 rings (SSSR count). The van der Waals surface area contributed by atoms with E-state index in [0.717, 1.165) is 5.56 Å². The molecule has 0 aliphatic heterocycles. The Balaban J connectivity index is 2.50. The average molecular weight is 204 g/mol. The van der Waals surface area contributed by atoms with Crippen LogP contribution in [0, 0.1) is 17.1 Å². The third kappa shape index (κ3) is 1.50. The van der Waals surface area contributed by atoms with Gasteiger partial charge in [0.1, 0.15) is 17.6 Å². The van der Waals surface area contributed by atoms with E-state index in [-0.39, 0.29) is 5.82 Å². The average Bonchev–Trinajstić information content (AvgIpc) is 2.67. The number of nitriles is 1. The molecule has 0 atom stereocenters. The van der Waals surface area contributed by atoms with Crippen molar-refractivity contribution >= 4 is 11.5 Å². The molecule has 0 aliphatic rings. The van der Waals surface area contributed by atoms with Gasteiger partial charge >= 0.3 is 0 Å². The molecule has 1 aromatic carbocycles. The second-order valence-electron chi connectivity index (χ2n) is 2.70. The van der Waals surface area contributed by atoms with Crippen molar-refractivity contribution in [3.63, 3.8) is 0 Å². The van der Waals surface area contributed by atoms with Crippen molar-refractivity contribution in [2.45, 2.75) is 0 Å². The Morgan fingerprint density at radius 1 is 1.29 bits per heavy atom. The van der Waals surface area contributed by atoms with E-state index in [1.807, 2.05) is 6.07 Å². The Kier molecular flexibility index (Phi) is 2.25. The zero-order chi connectivity index (χ0) is 9.97. The summed E-state index contributed by atoms with van der Waals surface area (Å²) in [6.45, 7) is 0. The number of nitrogens with zero attached hydrogens (tertiary/aromatic N) is 2. The fraction of sp³-hybridized carbons (Fsp3) is 0. The van der Waals surface area contributed by atoms with Crippen molar-refractivity contribution in [2.75, 3.05) is 0 Å². The summed E-state index contributed by atoms with van der Waals surface area (Å²) in [7, 11) is 0. The molecule has 1 aromatic heterocycles. The van der Waals surface area contributed by atoms with Gasteiger partial charge in [0, 0.05) is 10.9 Å². The molecule has 0 N–H and O–H groups in total. The van der Waals surface area contributed by atoms with Crippen LogP contribution in [0.5, 0.6) is 0 Å². The molecule has 2 aromatic rings. The molecule has 0 aliphatic carbocycles. The summed E-state index contributed by atoms with van der Waals surface area (Å²) in [5.74, 6) is -0.289. The molecular weight excluding hydrogens is 199 g/mol. The Morgan fingerprint density at radius 3 is 2.64 bits per heavy atom. The first-order chi connectivity index (χ1) is 6.81. The quantitative estimate of drug-likeness (QED) is 0.716. The summed E-state index contributed by atoms with van der Waals surface area (Å²) in [6, 6.07) is 7.99. The van der Waals surface area contributed by atoms with E-state index in [1.54, 1.807) is 17.5 Å². The maximum absolute atomic E-state index is 12.6. The second kappa shape index (κ2) is 3.56. The maximum Gasteiger partial charge on any atom is 0.123 e. The van der Waals surface area contributed by atoms with Crippen LogP contribution in [0.25, 0.3) is 11.3 Å². The highest BCUT2D eigenvalue weighted by molar-refractivity contribution is 7.04. The normalized spacial score (nSPS) is 9.71. The van der Waals surface area contributed by atoms with Crippen molar-refractivity contribution < 1.29 is 4.39 Å². The minimum atomic E-state index is -0.289. The summed E-state index contributed by atoms with van der Waals surface area (Å²) < 4.78 is 16.7. The molecule has 0 fully saturated rings. The molecule has 0 amide bonds. The van der Waals surface area contributed by atoms with Gasteiger partial charge in [-0.1, -0.05) is 0 Å². The van der Waals surface area contributed by atoms with Crippen LogP contribution in [0.4, 0.5) is 4.39 Å². The Labute approximate surface area is 84.4 Å². The van der Waals surface area contributed by atoms with Crippen molar-refractivity contribution in [1.29, 1.82) is 5.26 Å². The highest BCUT2D eigenvalue weighted by Crippen LogP contribution is 2.23. The molecule has 14 heavy (non-hydrogen) atoms. The number of hydrogen-bond acceptors (Lipinski definition) is 3. The van der Waals surface area contributed by atoms with Gasteiger partial charge in [0.2, 0.25) is 0 Å². The Bertz CT molecular complexity index is 482. The van der Waals surface area contributed by atoms with Crippen LogP contribution < -0.4 is 0 Å². The molecule has 2 nitrogen and oxygen atoms in total. The lowest BCUT2D eigenvalue weighted by Crippen LogP contribution is -1.81. The predicted octanol–water partition coefficient (Wildman–Crippen LogP) is 2.82. The van der Waals surface area contributed by atoms with Gasteiger partial charge in [-0.15, -0.1) is 0 Å². The Morgan fingerprint density at radius 2 is 2.00 bits per heavy atom. The molecule has 0 bridgehead atoms. The van der Waals surface area contributed by atoms with E-state index < -0.39 is 0 Å². The van der Waals surface area contributed by atoms with Gasteiger partial charge in [-0.25, -0.2) is 4.39 Å². The molecular formula is C10H5FN2S. The minimum Gasteiger partial charge on any atom is -0.207 e. The molecule has 4 heteroatoms. The van der Waals surface area contributed by atoms with Gasteiger partial charge in [-0.05, 0) is 35.8 Å². The standard InChI is InChI=1S/C10H5FN2S/c11-9-3-1-7(2-4-9)10-8(5-12)6-14-13-10/h1-4,6H. The molecule has 0 saturated carbocycles. The van der Waals surface area contributed by atoms with Crippen LogP contribution in [-0.4, -0.2) is 4.37 Å². The van der Waals surface area contributed by atoms with E-state index in [0.29, 0.717) is 11.3 Å². The molecule has 0 spiro atoms. The van der Waals surface area contributed by atoms with Gasteiger partial charge in [0.15, 0.2) is 0 Å². The third-order valence-electron chi connectivity index (χ3n) is 1.81. The van der Waals surface area contributed by atoms with Crippen molar-refractivity contribution in [2.24, 2.45) is 0 Å². The van der Waals surface area contributed by atoms with Gasteiger partial charge in [0.25, 0.3) is 0 Å². The monoisotopic (exact) mass is 204 g/mol. The third-order valence-corrected chi connectivity index (χ3v) is 2.44. The lowest BCUT2D eigenvalue weighted by atomic mass is 10.1. The lowest BCUT2D eigenvalue weighted by Gasteiger charge is -1.96. The van der Waals surface area contributed by atoms with Crippen molar-refractivity contribution in [3.05, 3.63) is 41.0 Å². The van der Waals surface area contributed by atoms with Crippen LogP contribution in [0.3, 0.4) is 0 Å². The summed E-state index contributed by atoms with van der Waals surface area (Å²) in [5.41, 5.74) is 1.92. The van der Waals surface area contributed by atoms with Crippen molar-refractivity contribution in [1.82, 2.24) is 4.37 Å². The van der Waals surface area contributed by atoms with Gasteiger partial charge in [-0.3, -0.25) is 0 Å². The molecule has 1 heterocycles. The minimum absolute atomic E-state index is 0.289. The SMILES string of the molecule is N#Cc1csnc1-c1ccc(F)cc1. The van der Waals surface area contributed by atoms with Crippen LogP contribution in [0.2, 0.25) is 0 Å². The smallest absolute Gasteiger partial charge is 0.123 e. The van der Waals surface area contributed by atoms with Crippen molar-refractivity contribution in [3.8, 4) is 17.3 Å². The van der Waals surface area contributed by atoms with Gasteiger partial charge < -0.3 is 0 Å². The van der Waals surface area contributed by atoms with Gasteiger partial charge in [0.05, 0.1) is 5.56 Å². The van der Waals surface area contributed by atoms with Gasteiger partial charge in [-0.2, -0.15) is 9.64 Å². The highest BCUT2D eigenvalue weighted by atomic mass is 32.1. The van der Waals surface area contributed by atoms with E-state index >= 15 is 0 Å². The zero-order valence-electron chi connectivity index (χ0n) is 7.07. The highest BCUT2D eigenvalue weighted by Gasteiger charge is 2.07. The first-order valence-corrected chi connectivity index (χ1v) is 4.75.